The summed E-state index contributed by atoms with van der Waals surface area (Å²) in [7, 11) is 6.41. The molecule has 194 valence electrons. The molecule has 0 saturated carbocycles. The van der Waals surface area contributed by atoms with E-state index in [1.54, 1.807) is 22.9 Å². The minimum Gasteiger partial charge on any atom is -0.493 e. The number of nitrogens with zero attached hydrogens (tertiary/aromatic N) is 3. The predicted octanol–water partition coefficient (Wildman–Crippen LogP) is 4.56. The van der Waals surface area contributed by atoms with Gasteiger partial charge in [-0.25, -0.2) is 9.18 Å². The highest BCUT2D eigenvalue weighted by molar-refractivity contribution is 5.86. The van der Waals surface area contributed by atoms with Crippen molar-refractivity contribution in [3.8, 4) is 17.2 Å². The summed E-state index contributed by atoms with van der Waals surface area (Å²) in [4.78, 5) is 14.6. The monoisotopic (exact) mass is 500 g/mol. The van der Waals surface area contributed by atoms with Gasteiger partial charge in [-0.15, -0.1) is 0 Å². The number of carbonyl (C=O) groups excluding carboxylic acids is 1. The van der Waals surface area contributed by atoms with Gasteiger partial charge in [-0.3, -0.25) is 10.00 Å². The third-order valence-corrected chi connectivity index (χ3v) is 6.58. The summed E-state index contributed by atoms with van der Waals surface area (Å²) in [5.41, 5.74) is 2.37. The third kappa shape index (κ3) is 5.64. The van der Waals surface area contributed by atoms with Gasteiger partial charge in [-0.2, -0.15) is 5.10 Å². The number of aryl methyl sites for hydroxylation is 1. The lowest BCUT2D eigenvalue weighted by Crippen LogP contribution is -2.34. The van der Waals surface area contributed by atoms with Gasteiger partial charge in [0.25, 0.3) is 0 Å². The van der Waals surface area contributed by atoms with E-state index in [9.17, 15) is 9.18 Å². The number of hydrogen-bond donors (Lipinski definition) is 1. The lowest BCUT2D eigenvalue weighted by Gasteiger charge is -2.31. The van der Waals surface area contributed by atoms with Gasteiger partial charge in [0.15, 0.2) is 11.5 Å². The van der Waals surface area contributed by atoms with Crippen molar-refractivity contribution < 1.29 is 28.1 Å². The molecule has 1 N–H and O–H groups in total. The summed E-state index contributed by atoms with van der Waals surface area (Å²) in [5, 5.41) is 8.42. The Bertz CT molecular complexity index is 1180. The molecule has 1 aliphatic heterocycles. The standard InChI is InChI=1S/C26H33FN4O5/c1-30-21-14-18(27)6-7-20(21)24(29-30)17-8-11-31(12-9-17)10-5-13-36-26(32)28-19-15-22(33-2)25(35-4)23(16-19)34-3/h6-7,14-17H,5,8-13H2,1-4H3,(H,28,32). The smallest absolute Gasteiger partial charge is 0.411 e. The number of anilines is 1. The SMILES string of the molecule is COc1cc(NC(=O)OCCCN2CCC(c3nn(C)c4cc(F)ccc34)CC2)cc(OC)c1OC. The Hall–Kier alpha value is -3.53. The molecule has 2 aromatic carbocycles. The van der Waals surface area contributed by atoms with Crippen LogP contribution in [0.25, 0.3) is 10.9 Å². The maximum atomic E-state index is 13.6. The van der Waals surface area contributed by atoms with Crippen LogP contribution in [0.1, 0.15) is 30.9 Å². The molecule has 1 aliphatic rings. The Morgan fingerprint density at radius 1 is 1.08 bits per heavy atom. The Morgan fingerprint density at radius 2 is 1.78 bits per heavy atom. The summed E-state index contributed by atoms with van der Waals surface area (Å²) >= 11 is 0. The van der Waals surface area contributed by atoms with Crippen molar-refractivity contribution >= 4 is 22.7 Å². The number of aromatic nitrogens is 2. The van der Waals surface area contributed by atoms with Gasteiger partial charge in [0.05, 0.1) is 44.8 Å². The fourth-order valence-electron chi connectivity index (χ4n) is 4.75. The van der Waals surface area contributed by atoms with Gasteiger partial charge < -0.3 is 23.8 Å². The summed E-state index contributed by atoms with van der Waals surface area (Å²) in [6.07, 6.45) is 2.18. The summed E-state index contributed by atoms with van der Waals surface area (Å²) in [6, 6.07) is 8.17. The second kappa shape index (κ2) is 11.5. The van der Waals surface area contributed by atoms with E-state index in [1.807, 2.05) is 13.1 Å². The highest BCUT2D eigenvalue weighted by Crippen LogP contribution is 2.40. The fraction of sp³-hybridized carbons (Fsp3) is 0.462. The highest BCUT2D eigenvalue weighted by Gasteiger charge is 2.25. The molecule has 1 aromatic heterocycles. The Labute approximate surface area is 210 Å². The van der Waals surface area contributed by atoms with Crippen molar-refractivity contribution in [3.05, 3.63) is 41.8 Å². The second-order valence-corrected chi connectivity index (χ2v) is 8.81. The van der Waals surface area contributed by atoms with Crippen molar-refractivity contribution in [1.29, 1.82) is 0 Å². The maximum Gasteiger partial charge on any atom is 0.411 e. The van der Waals surface area contributed by atoms with Gasteiger partial charge in [0.2, 0.25) is 5.75 Å². The molecule has 0 bridgehead atoms. The molecule has 1 saturated heterocycles. The number of amides is 1. The number of piperidine rings is 1. The number of nitrogens with one attached hydrogen (secondary N) is 1. The van der Waals surface area contributed by atoms with Gasteiger partial charge >= 0.3 is 6.09 Å². The molecule has 10 heteroatoms. The number of carbonyl (C=O) groups is 1. The molecular weight excluding hydrogens is 467 g/mol. The molecule has 4 rings (SSSR count). The zero-order valence-electron chi connectivity index (χ0n) is 21.2. The molecule has 3 aromatic rings. The number of ether oxygens (including phenoxy) is 4. The molecule has 1 amide bonds. The maximum absolute atomic E-state index is 13.6. The van der Waals surface area contributed by atoms with Crippen LogP contribution in [0.5, 0.6) is 17.2 Å². The molecule has 0 spiro atoms. The van der Waals surface area contributed by atoms with Crippen LogP contribution in [-0.2, 0) is 11.8 Å². The van der Waals surface area contributed by atoms with Gasteiger partial charge in [0.1, 0.15) is 5.82 Å². The Morgan fingerprint density at radius 3 is 2.42 bits per heavy atom. The Kier molecular flexibility index (Phi) is 8.14. The first-order valence-electron chi connectivity index (χ1n) is 12.0. The minimum absolute atomic E-state index is 0.244. The van der Waals surface area contributed by atoms with Crippen LogP contribution in [0.3, 0.4) is 0 Å². The first-order valence-corrected chi connectivity index (χ1v) is 12.0. The highest BCUT2D eigenvalue weighted by atomic mass is 19.1. The number of halogens is 1. The second-order valence-electron chi connectivity index (χ2n) is 8.81. The first-order chi connectivity index (χ1) is 17.4. The van der Waals surface area contributed by atoms with Crippen LogP contribution in [0.4, 0.5) is 14.9 Å². The van der Waals surface area contributed by atoms with E-state index in [1.165, 1.54) is 27.4 Å². The van der Waals surface area contributed by atoms with Gasteiger partial charge in [-0.05, 0) is 50.6 Å². The topological polar surface area (TPSA) is 87.1 Å². The molecular formula is C26H33FN4O5. The van der Waals surface area contributed by atoms with Crippen molar-refractivity contribution in [2.45, 2.75) is 25.2 Å². The van der Waals surface area contributed by atoms with Crippen LogP contribution < -0.4 is 19.5 Å². The molecule has 0 unspecified atom stereocenters. The number of rotatable bonds is 9. The normalized spacial score (nSPS) is 14.6. The predicted molar refractivity (Wildman–Crippen MR) is 135 cm³/mol. The van der Waals surface area contributed by atoms with Crippen LogP contribution in [-0.4, -0.2) is 68.3 Å². The van der Waals surface area contributed by atoms with Crippen molar-refractivity contribution in [2.75, 3.05) is 52.9 Å². The van der Waals surface area contributed by atoms with E-state index in [0.29, 0.717) is 35.5 Å². The van der Waals surface area contributed by atoms with Crippen LogP contribution in [0, 0.1) is 5.82 Å². The van der Waals surface area contributed by atoms with E-state index in [2.05, 4.69) is 15.3 Å². The molecule has 9 nitrogen and oxygen atoms in total. The lowest BCUT2D eigenvalue weighted by atomic mass is 9.91. The molecule has 0 aliphatic carbocycles. The van der Waals surface area contributed by atoms with Crippen molar-refractivity contribution in [2.24, 2.45) is 7.05 Å². The number of benzene rings is 2. The number of likely N-dealkylation sites (tertiary alicyclic amines) is 1. The van der Waals surface area contributed by atoms with Gasteiger partial charge in [0, 0.05) is 37.0 Å². The number of methoxy groups -OCH3 is 3. The Balaban J connectivity index is 1.21. The molecule has 36 heavy (non-hydrogen) atoms. The van der Waals surface area contributed by atoms with E-state index in [4.69, 9.17) is 18.9 Å². The van der Waals surface area contributed by atoms with E-state index >= 15 is 0 Å². The van der Waals surface area contributed by atoms with Crippen LogP contribution >= 0.6 is 0 Å². The van der Waals surface area contributed by atoms with E-state index in [-0.39, 0.29) is 5.82 Å². The summed E-state index contributed by atoms with van der Waals surface area (Å²) < 4.78 is 36.6. The average molecular weight is 501 g/mol. The molecule has 0 atom stereocenters. The fourth-order valence-corrected chi connectivity index (χ4v) is 4.75. The molecule has 1 fully saturated rings. The summed E-state index contributed by atoms with van der Waals surface area (Å²) in [5.74, 6) is 1.46. The first kappa shape index (κ1) is 25.6. The van der Waals surface area contributed by atoms with E-state index < -0.39 is 6.09 Å². The number of hydrogen-bond acceptors (Lipinski definition) is 7. The number of fused-ring (bicyclic) bond motifs is 1. The van der Waals surface area contributed by atoms with Gasteiger partial charge in [-0.1, -0.05) is 0 Å². The quantitative estimate of drug-likeness (QED) is 0.431. The zero-order valence-corrected chi connectivity index (χ0v) is 21.2. The third-order valence-electron chi connectivity index (χ3n) is 6.58. The molecule has 2 heterocycles. The lowest BCUT2D eigenvalue weighted by molar-refractivity contribution is 0.146. The zero-order chi connectivity index (χ0) is 25.7. The van der Waals surface area contributed by atoms with Crippen molar-refractivity contribution in [3.63, 3.8) is 0 Å². The van der Waals surface area contributed by atoms with Crippen LogP contribution in [0.2, 0.25) is 0 Å². The van der Waals surface area contributed by atoms with E-state index in [0.717, 1.165) is 55.5 Å². The van der Waals surface area contributed by atoms with Crippen molar-refractivity contribution in [1.82, 2.24) is 14.7 Å². The van der Waals surface area contributed by atoms with Crippen LogP contribution in [0.15, 0.2) is 30.3 Å². The average Bonchev–Trinajstić information content (AvgIpc) is 3.21. The minimum atomic E-state index is -0.540. The molecule has 0 radical (unpaired) electrons. The summed E-state index contributed by atoms with van der Waals surface area (Å²) in [6.45, 7) is 3.05. The largest absolute Gasteiger partial charge is 0.493 e.